The first-order chi connectivity index (χ1) is 9.28. The van der Waals surface area contributed by atoms with Gasteiger partial charge in [0.1, 0.15) is 11.6 Å². The summed E-state index contributed by atoms with van der Waals surface area (Å²) in [5.41, 5.74) is 2.00. The lowest BCUT2D eigenvalue weighted by Crippen LogP contribution is -2.15. The quantitative estimate of drug-likeness (QED) is 0.811. The molecule has 1 aromatic heterocycles. The number of nitrogens with one attached hydrogen (secondary N) is 1. The summed E-state index contributed by atoms with van der Waals surface area (Å²) in [5, 5.41) is 3.31. The van der Waals surface area contributed by atoms with Gasteiger partial charge in [0.05, 0.1) is 5.69 Å². The molecule has 0 unspecified atom stereocenters. The average Bonchev–Trinajstić information content (AvgIpc) is 2.42. The van der Waals surface area contributed by atoms with Gasteiger partial charge in [-0.15, -0.1) is 0 Å². The second-order valence-corrected chi connectivity index (χ2v) is 4.44. The molecule has 0 fully saturated rings. The summed E-state index contributed by atoms with van der Waals surface area (Å²) >= 11 is 0. The minimum Gasteiger partial charge on any atom is -0.311 e. The Morgan fingerprint density at radius 2 is 1.95 bits per heavy atom. The van der Waals surface area contributed by atoms with Crippen LogP contribution in [0, 0.1) is 5.82 Å². The first-order valence-corrected chi connectivity index (χ1v) is 6.54. The van der Waals surface area contributed by atoms with Gasteiger partial charge in [-0.1, -0.05) is 19.1 Å². The normalized spacial score (nSPS) is 10.6. The number of benzene rings is 1. The third-order valence-corrected chi connectivity index (χ3v) is 2.77. The second-order valence-electron chi connectivity index (χ2n) is 4.44. The predicted molar refractivity (Wildman–Crippen MR) is 73.2 cm³/mol. The summed E-state index contributed by atoms with van der Waals surface area (Å²) in [7, 11) is 0. The molecule has 1 N–H and O–H groups in total. The molecule has 19 heavy (non-hydrogen) atoms. The highest BCUT2D eigenvalue weighted by molar-refractivity contribution is 5.20. The van der Waals surface area contributed by atoms with Crippen molar-refractivity contribution in [3.63, 3.8) is 0 Å². The third kappa shape index (κ3) is 4.41. The molecule has 1 heterocycles. The molecule has 0 atom stereocenters. The Hall–Kier alpha value is -1.81. The lowest BCUT2D eigenvalue weighted by atomic mass is 10.1. The number of aromatic nitrogens is 2. The van der Waals surface area contributed by atoms with E-state index in [4.69, 9.17) is 0 Å². The van der Waals surface area contributed by atoms with Crippen LogP contribution in [0.25, 0.3) is 0 Å². The monoisotopic (exact) mass is 259 g/mol. The maximum absolute atomic E-state index is 12.8. The van der Waals surface area contributed by atoms with Crippen molar-refractivity contribution in [1.29, 1.82) is 0 Å². The number of halogens is 1. The van der Waals surface area contributed by atoms with Crippen LogP contribution in [0.1, 0.15) is 30.4 Å². The Morgan fingerprint density at radius 1 is 1.16 bits per heavy atom. The highest BCUT2D eigenvalue weighted by atomic mass is 19.1. The van der Waals surface area contributed by atoms with Crippen LogP contribution in [0.3, 0.4) is 0 Å². The Morgan fingerprint density at radius 3 is 2.68 bits per heavy atom. The fourth-order valence-corrected chi connectivity index (χ4v) is 1.80. The molecule has 0 aliphatic carbocycles. The van der Waals surface area contributed by atoms with Crippen LogP contribution in [0.15, 0.2) is 36.5 Å². The summed E-state index contributed by atoms with van der Waals surface area (Å²) in [6, 6.07) is 8.36. The van der Waals surface area contributed by atoms with E-state index >= 15 is 0 Å². The summed E-state index contributed by atoms with van der Waals surface area (Å²) < 4.78 is 12.8. The van der Waals surface area contributed by atoms with E-state index in [2.05, 4.69) is 22.2 Å². The molecule has 1 aromatic carbocycles. The molecule has 3 nitrogen and oxygen atoms in total. The van der Waals surface area contributed by atoms with Crippen molar-refractivity contribution in [3.05, 3.63) is 59.4 Å². The van der Waals surface area contributed by atoms with Crippen LogP contribution in [0.4, 0.5) is 4.39 Å². The molecule has 0 spiro atoms. The van der Waals surface area contributed by atoms with Gasteiger partial charge in [-0.2, -0.15) is 0 Å². The molecule has 0 radical (unpaired) electrons. The molecular weight excluding hydrogens is 241 g/mol. The second kappa shape index (κ2) is 6.95. The Bertz CT molecular complexity index is 511. The van der Waals surface area contributed by atoms with Crippen molar-refractivity contribution in [2.75, 3.05) is 6.54 Å². The molecule has 0 saturated carbocycles. The highest BCUT2D eigenvalue weighted by Crippen LogP contribution is 2.07. The summed E-state index contributed by atoms with van der Waals surface area (Å²) in [4.78, 5) is 8.75. The van der Waals surface area contributed by atoms with Crippen molar-refractivity contribution < 1.29 is 4.39 Å². The van der Waals surface area contributed by atoms with Gasteiger partial charge in [0.25, 0.3) is 0 Å². The smallest absolute Gasteiger partial charge is 0.132 e. The van der Waals surface area contributed by atoms with Crippen LogP contribution in [0.2, 0.25) is 0 Å². The fourth-order valence-electron chi connectivity index (χ4n) is 1.80. The van der Waals surface area contributed by atoms with Gasteiger partial charge < -0.3 is 5.32 Å². The molecule has 0 saturated heterocycles. The first-order valence-electron chi connectivity index (χ1n) is 6.54. The van der Waals surface area contributed by atoms with E-state index in [0.29, 0.717) is 6.42 Å². The summed E-state index contributed by atoms with van der Waals surface area (Å²) in [6.45, 7) is 3.87. The zero-order valence-corrected chi connectivity index (χ0v) is 11.1. The van der Waals surface area contributed by atoms with E-state index in [-0.39, 0.29) is 5.82 Å². The molecular formula is C15H18FN3. The SMILES string of the molecule is CCCNCc1ccnc(Cc2ccc(F)cc2)n1. The van der Waals surface area contributed by atoms with Crippen LogP contribution in [-0.4, -0.2) is 16.5 Å². The van der Waals surface area contributed by atoms with Crippen molar-refractivity contribution >= 4 is 0 Å². The van der Waals surface area contributed by atoms with Crippen LogP contribution >= 0.6 is 0 Å². The van der Waals surface area contributed by atoms with Crippen LogP contribution in [-0.2, 0) is 13.0 Å². The van der Waals surface area contributed by atoms with E-state index < -0.39 is 0 Å². The van der Waals surface area contributed by atoms with Gasteiger partial charge in [-0.25, -0.2) is 14.4 Å². The van der Waals surface area contributed by atoms with E-state index in [1.807, 2.05) is 6.07 Å². The molecule has 0 aliphatic heterocycles. The fraction of sp³-hybridized carbons (Fsp3) is 0.333. The molecule has 100 valence electrons. The topological polar surface area (TPSA) is 37.8 Å². The van der Waals surface area contributed by atoms with Gasteiger partial charge in [0.2, 0.25) is 0 Å². The standard InChI is InChI=1S/C15H18FN3/c1-2-8-17-11-14-7-9-18-15(19-14)10-12-3-5-13(16)6-4-12/h3-7,9,17H,2,8,10-11H2,1H3. The zero-order chi connectivity index (χ0) is 13.5. The maximum atomic E-state index is 12.8. The van der Waals surface area contributed by atoms with Gasteiger partial charge in [0.15, 0.2) is 0 Å². The number of hydrogen-bond acceptors (Lipinski definition) is 3. The minimum atomic E-state index is -0.220. The van der Waals surface area contributed by atoms with Crippen molar-refractivity contribution in [2.45, 2.75) is 26.3 Å². The van der Waals surface area contributed by atoms with Gasteiger partial charge in [0, 0.05) is 19.2 Å². The average molecular weight is 259 g/mol. The Kier molecular flexibility index (Phi) is 4.98. The molecule has 0 bridgehead atoms. The van der Waals surface area contributed by atoms with Crippen LogP contribution in [0.5, 0.6) is 0 Å². The first kappa shape index (κ1) is 13.6. The van der Waals surface area contributed by atoms with Crippen molar-refractivity contribution in [3.8, 4) is 0 Å². The molecule has 2 aromatic rings. The predicted octanol–water partition coefficient (Wildman–Crippen LogP) is 2.71. The third-order valence-electron chi connectivity index (χ3n) is 2.77. The van der Waals surface area contributed by atoms with Gasteiger partial charge >= 0.3 is 0 Å². The van der Waals surface area contributed by atoms with Gasteiger partial charge in [-0.3, -0.25) is 0 Å². The minimum absolute atomic E-state index is 0.220. The van der Waals surface area contributed by atoms with Crippen molar-refractivity contribution in [2.24, 2.45) is 0 Å². The number of nitrogens with zero attached hydrogens (tertiary/aromatic N) is 2. The number of hydrogen-bond donors (Lipinski definition) is 1. The largest absolute Gasteiger partial charge is 0.311 e. The Balaban J connectivity index is 2.00. The van der Waals surface area contributed by atoms with E-state index in [0.717, 1.165) is 36.6 Å². The summed E-state index contributed by atoms with van der Waals surface area (Å²) in [5.74, 6) is 0.546. The van der Waals surface area contributed by atoms with Crippen LogP contribution < -0.4 is 5.32 Å². The maximum Gasteiger partial charge on any atom is 0.132 e. The highest BCUT2D eigenvalue weighted by Gasteiger charge is 2.01. The molecule has 0 amide bonds. The zero-order valence-electron chi connectivity index (χ0n) is 11.1. The van der Waals surface area contributed by atoms with E-state index in [9.17, 15) is 4.39 Å². The number of rotatable bonds is 6. The molecule has 0 aliphatic rings. The van der Waals surface area contributed by atoms with Crippen molar-refractivity contribution in [1.82, 2.24) is 15.3 Å². The lowest BCUT2D eigenvalue weighted by molar-refractivity contribution is 0.627. The van der Waals surface area contributed by atoms with Gasteiger partial charge in [-0.05, 0) is 36.7 Å². The molecule has 2 rings (SSSR count). The van der Waals surface area contributed by atoms with E-state index in [1.165, 1.54) is 12.1 Å². The lowest BCUT2D eigenvalue weighted by Gasteiger charge is -2.05. The summed E-state index contributed by atoms with van der Waals surface area (Å²) in [6.07, 6.45) is 3.50. The Labute approximate surface area is 112 Å². The molecule has 4 heteroatoms. The van der Waals surface area contributed by atoms with E-state index in [1.54, 1.807) is 18.3 Å².